The van der Waals surface area contributed by atoms with Crippen molar-refractivity contribution >= 4 is 55.0 Å². The summed E-state index contributed by atoms with van der Waals surface area (Å²) < 4.78 is 33.8. The molecular formula is C21H19BrN2O4S2. The van der Waals surface area contributed by atoms with Gasteiger partial charge in [0.05, 0.1) is 10.6 Å². The largest absolute Gasteiger partial charge is 0.484 e. The Morgan fingerprint density at radius 1 is 1.00 bits per heavy atom. The predicted molar refractivity (Wildman–Crippen MR) is 124 cm³/mol. The van der Waals surface area contributed by atoms with Crippen LogP contribution in [-0.2, 0) is 14.8 Å². The van der Waals surface area contributed by atoms with E-state index in [-0.39, 0.29) is 17.4 Å². The zero-order valence-electron chi connectivity index (χ0n) is 16.0. The molecule has 0 spiro atoms. The number of carbonyl (C=O) groups is 1. The van der Waals surface area contributed by atoms with Gasteiger partial charge in [0.1, 0.15) is 5.75 Å². The summed E-state index contributed by atoms with van der Waals surface area (Å²) >= 11 is 4.84. The first-order valence-corrected chi connectivity index (χ1v) is 12.3. The topological polar surface area (TPSA) is 84.5 Å². The Labute approximate surface area is 188 Å². The van der Waals surface area contributed by atoms with Crippen LogP contribution in [0.2, 0.25) is 0 Å². The van der Waals surface area contributed by atoms with Gasteiger partial charge in [0.2, 0.25) is 0 Å². The standard InChI is InChI=1S/C21H19BrN2O4S2/c1-29-20-5-3-2-4-19(20)23-21(25)14-28-17-10-12-18(13-11-17)30(26,27)24-16-8-6-15(22)7-9-16/h2-13,24H,14H2,1H3,(H,23,25). The Hall–Kier alpha value is -2.49. The van der Waals surface area contributed by atoms with Crippen molar-refractivity contribution in [2.45, 2.75) is 9.79 Å². The van der Waals surface area contributed by atoms with Crippen LogP contribution in [0.4, 0.5) is 11.4 Å². The Morgan fingerprint density at radius 3 is 2.33 bits per heavy atom. The highest BCUT2D eigenvalue weighted by Gasteiger charge is 2.14. The zero-order valence-corrected chi connectivity index (χ0v) is 19.2. The molecule has 0 aliphatic carbocycles. The molecule has 0 unspecified atom stereocenters. The maximum absolute atomic E-state index is 12.5. The van der Waals surface area contributed by atoms with Crippen molar-refractivity contribution < 1.29 is 17.9 Å². The van der Waals surface area contributed by atoms with Crippen LogP contribution in [0.5, 0.6) is 5.75 Å². The smallest absolute Gasteiger partial charge is 0.262 e. The summed E-state index contributed by atoms with van der Waals surface area (Å²) in [5.74, 6) is 0.0935. The normalized spacial score (nSPS) is 11.0. The third kappa shape index (κ3) is 6.01. The van der Waals surface area contributed by atoms with Gasteiger partial charge < -0.3 is 10.1 Å². The van der Waals surface area contributed by atoms with Crippen LogP contribution in [0.15, 0.2) is 87.1 Å². The number of benzene rings is 3. The zero-order chi connectivity index (χ0) is 21.6. The summed E-state index contributed by atoms with van der Waals surface area (Å²) in [6, 6.07) is 20.2. The number of sulfonamides is 1. The van der Waals surface area contributed by atoms with Crippen molar-refractivity contribution in [3.05, 3.63) is 77.3 Å². The number of halogens is 1. The van der Waals surface area contributed by atoms with Gasteiger partial charge in [-0.15, -0.1) is 11.8 Å². The first-order valence-electron chi connectivity index (χ1n) is 8.81. The second-order valence-electron chi connectivity index (χ2n) is 6.12. The quantitative estimate of drug-likeness (QED) is 0.420. The molecule has 3 rings (SSSR count). The summed E-state index contributed by atoms with van der Waals surface area (Å²) in [4.78, 5) is 13.2. The van der Waals surface area contributed by atoms with Crippen LogP contribution in [0.1, 0.15) is 0 Å². The molecule has 30 heavy (non-hydrogen) atoms. The van der Waals surface area contributed by atoms with Gasteiger partial charge in [0.15, 0.2) is 6.61 Å². The van der Waals surface area contributed by atoms with Crippen LogP contribution in [0, 0.1) is 0 Å². The number of nitrogens with one attached hydrogen (secondary N) is 2. The highest BCUT2D eigenvalue weighted by Crippen LogP contribution is 2.25. The molecule has 0 radical (unpaired) electrons. The van der Waals surface area contributed by atoms with Crippen molar-refractivity contribution in [1.29, 1.82) is 0 Å². The first-order chi connectivity index (χ1) is 14.4. The second-order valence-corrected chi connectivity index (χ2v) is 9.57. The number of rotatable bonds is 8. The van der Waals surface area contributed by atoms with Crippen molar-refractivity contribution in [2.75, 3.05) is 22.9 Å². The molecule has 0 aliphatic rings. The third-order valence-electron chi connectivity index (χ3n) is 3.98. The maximum atomic E-state index is 12.5. The SMILES string of the molecule is CSc1ccccc1NC(=O)COc1ccc(S(=O)(=O)Nc2ccc(Br)cc2)cc1. The average molecular weight is 507 g/mol. The number of ether oxygens (including phenoxy) is 1. The van der Waals surface area contributed by atoms with Gasteiger partial charge in [-0.25, -0.2) is 8.42 Å². The molecular weight excluding hydrogens is 488 g/mol. The van der Waals surface area contributed by atoms with E-state index in [1.54, 1.807) is 24.3 Å². The predicted octanol–water partition coefficient (Wildman–Crippen LogP) is 4.99. The van der Waals surface area contributed by atoms with Crippen molar-refractivity contribution in [1.82, 2.24) is 0 Å². The van der Waals surface area contributed by atoms with E-state index in [0.717, 1.165) is 15.1 Å². The monoisotopic (exact) mass is 506 g/mol. The molecule has 0 saturated heterocycles. The molecule has 2 N–H and O–H groups in total. The minimum absolute atomic E-state index is 0.0936. The lowest BCUT2D eigenvalue weighted by molar-refractivity contribution is -0.118. The Kier molecular flexibility index (Phi) is 7.41. The van der Waals surface area contributed by atoms with E-state index in [4.69, 9.17) is 4.74 Å². The summed E-state index contributed by atoms with van der Waals surface area (Å²) in [5, 5.41) is 2.80. The molecule has 0 atom stereocenters. The molecule has 1 amide bonds. The second kappa shape index (κ2) is 10.0. The highest BCUT2D eigenvalue weighted by atomic mass is 79.9. The van der Waals surface area contributed by atoms with E-state index in [0.29, 0.717) is 11.4 Å². The molecule has 0 aromatic heterocycles. The molecule has 0 bridgehead atoms. The molecule has 6 nitrogen and oxygen atoms in total. The lowest BCUT2D eigenvalue weighted by Gasteiger charge is -2.11. The summed E-state index contributed by atoms with van der Waals surface area (Å²) in [6.45, 7) is -0.189. The number of thioether (sulfide) groups is 1. The van der Waals surface area contributed by atoms with Crippen LogP contribution < -0.4 is 14.8 Å². The van der Waals surface area contributed by atoms with Gasteiger partial charge in [-0.1, -0.05) is 28.1 Å². The van der Waals surface area contributed by atoms with Crippen molar-refractivity contribution in [3.8, 4) is 5.75 Å². The van der Waals surface area contributed by atoms with E-state index in [1.807, 2.05) is 30.5 Å². The fraction of sp³-hybridized carbons (Fsp3) is 0.0952. The Balaban J connectivity index is 1.58. The molecule has 0 saturated carbocycles. The molecule has 0 heterocycles. The number of hydrogen-bond acceptors (Lipinski definition) is 5. The van der Waals surface area contributed by atoms with E-state index < -0.39 is 10.0 Å². The average Bonchev–Trinajstić information content (AvgIpc) is 2.74. The lowest BCUT2D eigenvalue weighted by atomic mass is 10.3. The summed E-state index contributed by atoms with van der Waals surface area (Å²) in [7, 11) is -3.73. The van der Waals surface area contributed by atoms with Gasteiger partial charge in [0.25, 0.3) is 15.9 Å². The van der Waals surface area contributed by atoms with E-state index >= 15 is 0 Å². The van der Waals surface area contributed by atoms with Gasteiger partial charge in [-0.3, -0.25) is 9.52 Å². The van der Waals surface area contributed by atoms with Gasteiger partial charge in [-0.05, 0) is 66.9 Å². The Bertz CT molecular complexity index is 1120. The van der Waals surface area contributed by atoms with Gasteiger partial charge >= 0.3 is 0 Å². The van der Waals surface area contributed by atoms with E-state index in [2.05, 4.69) is 26.0 Å². The Morgan fingerprint density at radius 2 is 1.67 bits per heavy atom. The number of carbonyl (C=O) groups excluding carboxylic acids is 1. The molecule has 9 heteroatoms. The van der Waals surface area contributed by atoms with Gasteiger partial charge in [0, 0.05) is 15.1 Å². The third-order valence-corrected chi connectivity index (χ3v) is 6.70. The minimum atomic E-state index is -3.73. The fourth-order valence-corrected chi connectivity index (χ4v) is 4.41. The summed E-state index contributed by atoms with van der Waals surface area (Å²) in [5.41, 5.74) is 1.18. The molecule has 3 aromatic carbocycles. The highest BCUT2D eigenvalue weighted by molar-refractivity contribution is 9.10. The van der Waals surface area contributed by atoms with Crippen LogP contribution in [0.3, 0.4) is 0 Å². The molecule has 3 aromatic rings. The van der Waals surface area contributed by atoms with Crippen molar-refractivity contribution in [3.63, 3.8) is 0 Å². The molecule has 156 valence electrons. The minimum Gasteiger partial charge on any atom is -0.484 e. The van der Waals surface area contributed by atoms with Gasteiger partial charge in [-0.2, -0.15) is 0 Å². The van der Waals surface area contributed by atoms with E-state index in [9.17, 15) is 13.2 Å². The number of amides is 1. The van der Waals surface area contributed by atoms with E-state index in [1.165, 1.54) is 36.0 Å². The first kappa shape index (κ1) is 22.2. The van der Waals surface area contributed by atoms with Crippen molar-refractivity contribution in [2.24, 2.45) is 0 Å². The van der Waals surface area contributed by atoms with Crippen LogP contribution in [-0.4, -0.2) is 27.2 Å². The molecule has 0 fully saturated rings. The molecule has 0 aliphatic heterocycles. The van der Waals surface area contributed by atoms with Crippen LogP contribution in [0.25, 0.3) is 0 Å². The van der Waals surface area contributed by atoms with Crippen LogP contribution >= 0.6 is 27.7 Å². The lowest BCUT2D eigenvalue weighted by Crippen LogP contribution is -2.20. The number of para-hydroxylation sites is 1. The summed E-state index contributed by atoms with van der Waals surface area (Å²) in [6.07, 6.45) is 1.93. The fourth-order valence-electron chi connectivity index (χ4n) is 2.53. The number of anilines is 2. The maximum Gasteiger partial charge on any atom is 0.262 e. The number of hydrogen-bond donors (Lipinski definition) is 2.